The lowest BCUT2D eigenvalue weighted by Crippen LogP contribution is -2.53. The summed E-state index contributed by atoms with van der Waals surface area (Å²) >= 11 is 0. The van der Waals surface area contributed by atoms with Crippen molar-refractivity contribution in [1.82, 2.24) is 10.3 Å². The van der Waals surface area contributed by atoms with Crippen molar-refractivity contribution in [2.75, 3.05) is 18.0 Å². The van der Waals surface area contributed by atoms with Gasteiger partial charge in [0, 0.05) is 36.6 Å². The van der Waals surface area contributed by atoms with Gasteiger partial charge in [0.25, 0.3) is 5.91 Å². The highest BCUT2D eigenvalue weighted by Gasteiger charge is 2.40. The molecule has 0 fully saturated rings. The summed E-state index contributed by atoms with van der Waals surface area (Å²) in [5, 5.41) is 4.14. The van der Waals surface area contributed by atoms with E-state index < -0.39 is 5.60 Å². The summed E-state index contributed by atoms with van der Waals surface area (Å²) < 4.78 is 5.82. The van der Waals surface area contributed by atoms with Gasteiger partial charge >= 0.3 is 0 Å². The van der Waals surface area contributed by atoms with Crippen LogP contribution < -0.4 is 15.0 Å². The van der Waals surface area contributed by atoms with Gasteiger partial charge < -0.3 is 19.9 Å². The van der Waals surface area contributed by atoms with Crippen LogP contribution in [0.15, 0.2) is 54.7 Å². The summed E-state index contributed by atoms with van der Waals surface area (Å²) in [6, 6.07) is 15.5. The van der Waals surface area contributed by atoms with Crippen LogP contribution in [0.2, 0.25) is 0 Å². The summed E-state index contributed by atoms with van der Waals surface area (Å²) in [6.07, 6.45) is 2.98. The van der Waals surface area contributed by atoms with Crippen LogP contribution in [0.25, 0.3) is 10.9 Å². The van der Waals surface area contributed by atoms with Crippen LogP contribution in [0.1, 0.15) is 25.8 Å². The summed E-state index contributed by atoms with van der Waals surface area (Å²) in [7, 11) is 0. The molecule has 0 radical (unpaired) electrons. The number of hydrogen-bond acceptors (Lipinski definition) is 3. The van der Waals surface area contributed by atoms with Crippen LogP contribution in [0.4, 0.5) is 5.69 Å². The molecule has 150 valence electrons. The first-order valence-corrected chi connectivity index (χ1v) is 9.87. The molecule has 0 spiro atoms. The Morgan fingerprint density at radius 1 is 1.14 bits per heavy atom. The molecule has 3 aromatic rings. The number of aromatic amines is 1. The molecule has 2 amide bonds. The lowest BCUT2D eigenvalue weighted by Gasteiger charge is -2.38. The highest BCUT2D eigenvalue weighted by molar-refractivity contribution is 6.02. The standard InChI is InChI=1S/C23H25N3O3/c1-23(2)22(28)26(19-9-5-6-10-20(19)29-23)14-12-21(27)24-13-11-16-15-25-18-8-4-3-7-17(16)18/h3-10,15,25H,11-14H2,1-2H3,(H,24,27). The number of carbonyl (C=O) groups excluding carboxylic acids is 2. The van der Waals surface area contributed by atoms with Crippen molar-refractivity contribution in [2.24, 2.45) is 0 Å². The normalized spacial score (nSPS) is 15.1. The first-order valence-electron chi connectivity index (χ1n) is 9.87. The maximum Gasteiger partial charge on any atom is 0.270 e. The molecule has 0 bridgehead atoms. The summed E-state index contributed by atoms with van der Waals surface area (Å²) in [5.41, 5.74) is 2.05. The minimum Gasteiger partial charge on any atom is -0.476 e. The molecule has 0 atom stereocenters. The molecule has 0 saturated carbocycles. The Kier molecular flexibility index (Phi) is 5.01. The zero-order valence-electron chi connectivity index (χ0n) is 16.7. The van der Waals surface area contributed by atoms with Crippen LogP contribution >= 0.6 is 0 Å². The van der Waals surface area contributed by atoms with E-state index in [1.807, 2.05) is 48.7 Å². The number of nitrogens with zero attached hydrogens (tertiary/aromatic N) is 1. The van der Waals surface area contributed by atoms with Gasteiger partial charge in [0.05, 0.1) is 5.69 Å². The molecule has 1 aliphatic heterocycles. The van der Waals surface area contributed by atoms with Crippen molar-refractivity contribution < 1.29 is 14.3 Å². The minimum atomic E-state index is -0.944. The van der Waals surface area contributed by atoms with Crippen LogP contribution in [0, 0.1) is 0 Å². The molecule has 2 N–H and O–H groups in total. The van der Waals surface area contributed by atoms with E-state index in [-0.39, 0.29) is 18.2 Å². The van der Waals surface area contributed by atoms with Crippen molar-refractivity contribution in [1.29, 1.82) is 0 Å². The number of nitrogens with one attached hydrogen (secondary N) is 2. The Balaban J connectivity index is 1.34. The zero-order chi connectivity index (χ0) is 20.4. The second kappa shape index (κ2) is 7.62. The molecule has 0 saturated heterocycles. The van der Waals surface area contributed by atoms with Gasteiger partial charge in [-0.2, -0.15) is 0 Å². The molecule has 1 aliphatic rings. The second-order valence-electron chi connectivity index (χ2n) is 7.75. The maximum atomic E-state index is 12.8. The lowest BCUT2D eigenvalue weighted by molar-refractivity contribution is -0.132. The van der Waals surface area contributed by atoms with Crippen LogP contribution in [0.5, 0.6) is 5.75 Å². The third-order valence-electron chi connectivity index (χ3n) is 5.24. The summed E-state index contributed by atoms with van der Waals surface area (Å²) in [6.45, 7) is 4.38. The SMILES string of the molecule is CC1(C)Oc2ccccc2N(CCC(=O)NCCc2c[nH]c3ccccc23)C1=O. The van der Waals surface area contributed by atoms with E-state index in [4.69, 9.17) is 4.74 Å². The average Bonchev–Trinajstić information content (AvgIpc) is 3.11. The summed E-state index contributed by atoms with van der Waals surface area (Å²) in [5.74, 6) is 0.457. The number of benzene rings is 2. The third-order valence-corrected chi connectivity index (χ3v) is 5.24. The van der Waals surface area contributed by atoms with Gasteiger partial charge in [-0.3, -0.25) is 9.59 Å². The van der Waals surface area contributed by atoms with E-state index in [0.29, 0.717) is 24.5 Å². The Morgan fingerprint density at radius 3 is 2.76 bits per heavy atom. The average molecular weight is 391 g/mol. The molecule has 2 heterocycles. The van der Waals surface area contributed by atoms with Gasteiger partial charge in [0.2, 0.25) is 5.91 Å². The molecule has 4 rings (SSSR count). The van der Waals surface area contributed by atoms with Gasteiger partial charge in [-0.25, -0.2) is 0 Å². The monoisotopic (exact) mass is 391 g/mol. The van der Waals surface area contributed by atoms with Gasteiger partial charge in [-0.05, 0) is 44.0 Å². The molecule has 0 unspecified atom stereocenters. The maximum absolute atomic E-state index is 12.8. The van der Waals surface area contributed by atoms with Gasteiger partial charge in [-0.1, -0.05) is 30.3 Å². The molecule has 6 heteroatoms. The van der Waals surface area contributed by atoms with E-state index >= 15 is 0 Å². The molecular formula is C23H25N3O3. The lowest BCUT2D eigenvalue weighted by atomic mass is 10.0. The Morgan fingerprint density at radius 2 is 1.90 bits per heavy atom. The third kappa shape index (κ3) is 3.83. The van der Waals surface area contributed by atoms with Crippen LogP contribution in [-0.2, 0) is 16.0 Å². The molecular weight excluding hydrogens is 366 g/mol. The first kappa shape index (κ1) is 19.1. The fraction of sp³-hybridized carbons (Fsp3) is 0.304. The number of hydrogen-bond donors (Lipinski definition) is 2. The molecule has 1 aromatic heterocycles. The van der Waals surface area contributed by atoms with Crippen molar-refractivity contribution >= 4 is 28.4 Å². The molecule has 2 aromatic carbocycles. The van der Waals surface area contributed by atoms with Crippen molar-refractivity contribution in [3.05, 3.63) is 60.3 Å². The predicted molar refractivity (Wildman–Crippen MR) is 113 cm³/mol. The van der Waals surface area contributed by atoms with E-state index in [1.165, 1.54) is 10.9 Å². The number of anilines is 1. The summed E-state index contributed by atoms with van der Waals surface area (Å²) in [4.78, 5) is 30.1. The molecule has 0 aliphatic carbocycles. The number of ether oxygens (including phenoxy) is 1. The Hall–Kier alpha value is -3.28. The van der Waals surface area contributed by atoms with E-state index in [2.05, 4.69) is 16.4 Å². The topological polar surface area (TPSA) is 74.4 Å². The fourth-order valence-electron chi connectivity index (χ4n) is 3.72. The number of rotatable bonds is 6. The number of amides is 2. The molecule has 29 heavy (non-hydrogen) atoms. The van der Waals surface area contributed by atoms with Gasteiger partial charge in [0.1, 0.15) is 5.75 Å². The predicted octanol–water partition coefficient (Wildman–Crippen LogP) is 3.42. The second-order valence-corrected chi connectivity index (χ2v) is 7.75. The number of para-hydroxylation sites is 3. The minimum absolute atomic E-state index is 0.0700. The number of aromatic nitrogens is 1. The Bertz CT molecular complexity index is 1050. The highest BCUT2D eigenvalue weighted by atomic mass is 16.5. The highest BCUT2D eigenvalue weighted by Crippen LogP contribution is 2.37. The van der Waals surface area contributed by atoms with Crippen molar-refractivity contribution in [3.63, 3.8) is 0 Å². The fourth-order valence-corrected chi connectivity index (χ4v) is 3.72. The van der Waals surface area contributed by atoms with Gasteiger partial charge in [0.15, 0.2) is 5.60 Å². The molecule has 6 nitrogen and oxygen atoms in total. The number of fused-ring (bicyclic) bond motifs is 2. The van der Waals surface area contributed by atoms with Crippen LogP contribution in [0.3, 0.4) is 0 Å². The largest absolute Gasteiger partial charge is 0.476 e. The van der Waals surface area contributed by atoms with Crippen molar-refractivity contribution in [2.45, 2.75) is 32.3 Å². The first-order chi connectivity index (χ1) is 14.0. The van der Waals surface area contributed by atoms with E-state index in [1.54, 1.807) is 18.7 Å². The van der Waals surface area contributed by atoms with Crippen LogP contribution in [-0.4, -0.2) is 35.5 Å². The van der Waals surface area contributed by atoms with Crippen molar-refractivity contribution in [3.8, 4) is 5.75 Å². The zero-order valence-corrected chi connectivity index (χ0v) is 16.7. The Labute approximate surface area is 169 Å². The number of H-pyrrole nitrogens is 1. The smallest absolute Gasteiger partial charge is 0.270 e. The van der Waals surface area contributed by atoms with E-state index in [9.17, 15) is 9.59 Å². The van der Waals surface area contributed by atoms with E-state index in [0.717, 1.165) is 11.9 Å². The number of carbonyl (C=O) groups is 2. The van der Waals surface area contributed by atoms with Gasteiger partial charge in [-0.15, -0.1) is 0 Å². The quantitative estimate of drug-likeness (QED) is 0.676.